The Morgan fingerprint density at radius 3 is 1.70 bits per heavy atom. The molecule has 0 aromatic heterocycles. The summed E-state index contributed by atoms with van der Waals surface area (Å²) in [6.07, 6.45) is 22.8. The summed E-state index contributed by atoms with van der Waals surface area (Å²) < 4.78 is 22.6. The Morgan fingerprint density at radius 1 is 0.607 bits per heavy atom. The average molecular weight is 868 g/mol. The summed E-state index contributed by atoms with van der Waals surface area (Å²) in [6, 6.07) is -0.952. The molecule has 1 amide bonds. The van der Waals surface area contributed by atoms with Crippen molar-refractivity contribution in [2.75, 3.05) is 19.8 Å². The van der Waals surface area contributed by atoms with Gasteiger partial charge < -0.3 is 65.1 Å². The third kappa shape index (κ3) is 22.2. The van der Waals surface area contributed by atoms with Crippen LogP contribution >= 0.6 is 0 Å². The Balaban J connectivity index is 1.94. The lowest BCUT2D eigenvalue weighted by molar-refractivity contribution is -0.359. The average Bonchev–Trinajstić information content (AvgIpc) is 3.26. The first kappa shape index (κ1) is 54.8. The van der Waals surface area contributed by atoms with E-state index in [2.05, 4.69) is 55.6 Å². The van der Waals surface area contributed by atoms with Crippen LogP contribution in [0.15, 0.2) is 60.8 Å². The van der Waals surface area contributed by atoms with E-state index in [1.165, 1.54) is 57.8 Å². The van der Waals surface area contributed by atoms with Gasteiger partial charge in [-0.15, -0.1) is 0 Å². The van der Waals surface area contributed by atoms with Crippen LogP contribution in [0.2, 0.25) is 0 Å². The molecule has 0 saturated carbocycles. The highest BCUT2D eigenvalue weighted by Gasteiger charge is 2.50. The van der Waals surface area contributed by atoms with Crippen molar-refractivity contribution < 1.29 is 64.6 Å². The fraction of sp³-hybridized carbons (Fsp3) is 0.766. The number of carbonyl (C=O) groups is 1. The Bertz CT molecular complexity index is 1260. The van der Waals surface area contributed by atoms with Gasteiger partial charge in [-0.1, -0.05) is 145 Å². The second-order valence-electron chi connectivity index (χ2n) is 16.1. The van der Waals surface area contributed by atoms with Gasteiger partial charge in [0.15, 0.2) is 12.6 Å². The molecule has 2 aliphatic rings. The SMILES string of the molecule is CC/C=C\C/C=C\C/C=C\C/C=C\CCC(=O)NC(COC1OC(CO)C(OC2OC(CO)C(O)C(O)C2O)C(O)C1O)C(O)/C=C/CCCCCCCCCCCCCC. The fourth-order valence-corrected chi connectivity index (χ4v) is 7.18. The first-order valence-electron chi connectivity index (χ1n) is 23.0. The van der Waals surface area contributed by atoms with E-state index in [0.29, 0.717) is 6.42 Å². The Hall–Kier alpha value is -2.31. The number of ether oxygens (including phenoxy) is 4. The number of aliphatic hydroxyl groups is 8. The molecule has 0 aromatic rings. The minimum Gasteiger partial charge on any atom is -0.394 e. The van der Waals surface area contributed by atoms with Crippen LogP contribution in [0, 0.1) is 0 Å². The van der Waals surface area contributed by atoms with Crippen molar-refractivity contribution in [3.63, 3.8) is 0 Å². The van der Waals surface area contributed by atoms with Gasteiger partial charge in [0.1, 0.15) is 48.8 Å². The highest BCUT2D eigenvalue weighted by molar-refractivity contribution is 5.76. The highest BCUT2D eigenvalue weighted by atomic mass is 16.7. The van der Waals surface area contributed by atoms with Crippen LogP contribution in [0.4, 0.5) is 0 Å². The standard InChI is InChI=1S/C47H81NO13/c1-3-5-7-9-11-13-15-17-19-20-22-24-26-28-30-36(51)35(48-39(52)31-29-27-25-23-21-18-16-14-12-10-8-6-4-2)34-58-46-44(57)42(55)45(38(33-50)60-46)61-47-43(56)41(54)40(53)37(32-49)59-47/h6,8,12,14,18,21,25,27-28,30,35-38,40-47,49-51,53-57H,3-5,7,9-11,13,15-17,19-20,22-24,26,29,31-34H2,1-2H3,(H,48,52)/b8-6-,14-12-,21-18-,27-25-,30-28+. The molecular weight excluding hydrogens is 787 g/mol. The minimum absolute atomic E-state index is 0.158. The first-order valence-corrected chi connectivity index (χ1v) is 23.0. The van der Waals surface area contributed by atoms with E-state index < -0.39 is 86.8 Å². The molecule has 0 aliphatic carbocycles. The predicted molar refractivity (Wildman–Crippen MR) is 235 cm³/mol. The van der Waals surface area contributed by atoms with Crippen molar-refractivity contribution >= 4 is 5.91 Å². The van der Waals surface area contributed by atoms with E-state index in [9.17, 15) is 45.6 Å². The van der Waals surface area contributed by atoms with Crippen LogP contribution in [0.5, 0.6) is 0 Å². The summed E-state index contributed by atoms with van der Waals surface area (Å²) in [4.78, 5) is 13.1. The molecule has 2 heterocycles. The number of amides is 1. The predicted octanol–water partition coefficient (Wildman–Crippen LogP) is 4.71. The summed E-state index contributed by atoms with van der Waals surface area (Å²) >= 11 is 0. The quantitative estimate of drug-likeness (QED) is 0.0322. The van der Waals surface area contributed by atoms with Gasteiger partial charge in [-0.05, 0) is 44.9 Å². The number of allylic oxidation sites excluding steroid dienone is 9. The van der Waals surface area contributed by atoms with Gasteiger partial charge in [0.25, 0.3) is 0 Å². The summed E-state index contributed by atoms with van der Waals surface area (Å²) in [6.45, 7) is 2.58. The molecule has 2 rings (SSSR count). The van der Waals surface area contributed by atoms with Crippen LogP contribution in [-0.2, 0) is 23.7 Å². The molecule has 0 aromatic carbocycles. The topological polar surface area (TPSA) is 228 Å². The van der Waals surface area contributed by atoms with Crippen LogP contribution < -0.4 is 5.32 Å². The van der Waals surface area contributed by atoms with Gasteiger partial charge in [-0.2, -0.15) is 0 Å². The third-order valence-corrected chi connectivity index (χ3v) is 11.0. The number of unbranched alkanes of at least 4 members (excludes halogenated alkanes) is 12. The molecule has 352 valence electrons. The van der Waals surface area contributed by atoms with Crippen molar-refractivity contribution in [2.24, 2.45) is 0 Å². The maximum absolute atomic E-state index is 13.1. The zero-order valence-corrected chi connectivity index (χ0v) is 36.9. The molecule has 2 fully saturated rings. The van der Waals surface area contributed by atoms with Crippen LogP contribution in [0.1, 0.15) is 136 Å². The second kappa shape index (κ2) is 34.1. The third-order valence-electron chi connectivity index (χ3n) is 11.0. The van der Waals surface area contributed by atoms with Crippen molar-refractivity contribution in [2.45, 2.75) is 209 Å². The van der Waals surface area contributed by atoms with Crippen LogP contribution in [0.25, 0.3) is 0 Å². The van der Waals surface area contributed by atoms with Gasteiger partial charge in [-0.25, -0.2) is 0 Å². The summed E-state index contributed by atoms with van der Waals surface area (Å²) in [5.41, 5.74) is 0. The largest absolute Gasteiger partial charge is 0.394 e. The molecular formula is C47H81NO13. The smallest absolute Gasteiger partial charge is 0.220 e. The van der Waals surface area contributed by atoms with Gasteiger partial charge in [0.05, 0.1) is 32.0 Å². The molecule has 14 nitrogen and oxygen atoms in total. The van der Waals surface area contributed by atoms with Crippen molar-refractivity contribution in [3.8, 4) is 0 Å². The number of aliphatic hydroxyl groups excluding tert-OH is 8. The molecule has 61 heavy (non-hydrogen) atoms. The lowest BCUT2D eigenvalue weighted by atomic mass is 9.97. The zero-order valence-electron chi connectivity index (χ0n) is 36.9. The highest BCUT2D eigenvalue weighted by Crippen LogP contribution is 2.30. The molecule has 2 saturated heterocycles. The van der Waals surface area contributed by atoms with Crippen molar-refractivity contribution in [1.29, 1.82) is 0 Å². The lowest BCUT2D eigenvalue weighted by Crippen LogP contribution is -2.65. The van der Waals surface area contributed by atoms with E-state index in [4.69, 9.17) is 18.9 Å². The lowest BCUT2D eigenvalue weighted by Gasteiger charge is -2.46. The maximum atomic E-state index is 13.1. The number of nitrogens with one attached hydrogen (secondary N) is 1. The molecule has 12 atom stereocenters. The van der Waals surface area contributed by atoms with E-state index >= 15 is 0 Å². The fourth-order valence-electron chi connectivity index (χ4n) is 7.18. The molecule has 0 spiro atoms. The van der Waals surface area contributed by atoms with Gasteiger partial charge in [0.2, 0.25) is 5.91 Å². The second-order valence-corrected chi connectivity index (χ2v) is 16.1. The number of rotatable bonds is 33. The van der Waals surface area contributed by atoms with E-state index in [1.807, 2.05) is 18.2 Å². The molecule has 14 heteroatoms. The minimum atomic E-state index is -1.79. The molecule has 9 N–H and O–H groups in total. The molecule has 12 unspecified atom stereocenters. The van der Waals surface area contributed by atoms with Gasteiger partial charge >= 0.3 is 0 Å². The number of hydrogen-bond donors (Lipinski definition) is 9. The number of hydrogen-bond acceptors (Lipinski definition) is 13. The van der Waals surface area contributed by atoms with Crippen molar-refractivity contribution in [3.05, 3.63) is 60.8 Å². The zero-order chi connectivity index (χ0) is 44.7. The van der Waals surface area contributed by atoms with E-state index in [-0.39, 0.29) is 18.9 Å². The Morgan fingerprint density at radius 2 is 1.13 bits per heavy atom. The molecule has 0 bridgehead atoms. The maximum Gasteiger partial charge on any atom is 0.220 e. The monoisotopic (exact) mass is 868 g/mol. The van der Waals surface area contributed by atoms with E-state index in [0.717, 1.165) is 51.4 Å². The Labute approximate surface area is 365 Å². The number of carbonyl (C=O) groups excluding carboxylic acids is 1. The molecule has 2 aliphatic heterocycles. The van der Waals surface area contributed by atoms with Gasteiger partial charge in [-0.3, -0.25) is 4.79 Å². The summed E-state index contributed by atoms with van der Waals surface area (Å²) in [7, 11) is 0. The van der Waals surface area contributed by atoms with Gasteiger partial charge in [0, 0.05) is 6.42 Å². The van der Waals surface area contributed by atoms with Crippen molar-refractivity contribution in [1.82, 2.24) is 5.32 Å². The Kier molecular flexibility index (Phi) is 30.7. The van der Waals surface area contributed by atoms with Crippen LogP contribution in [-0.4, -0.2) is 140 Å². The molecule has 0 radical (unpaired) electrons. The van der Waals surface area contributed by atoms with Crippen LogP contribution in [0.3, 0.4) is 0 Å². The first-order chi connectivity index (χ1) is 29.6. The normalized spacial score (nSPS) is 28.6. The van der Waals surface area contributed by atoms with E-state index in [1.54, 1.807) is 6.08 Å². The summed E-state index contributed by atoms with van der Waals surface area (Å²) in [5, 5.41) is 86.4. The summed E-state index contributed by atoms with van der Waals surface area (Å²) in [5.74, 6) is -0.323.